The van der Waals surface area contributed by atoms with E-state index in [9.17, 15) is 32.3 Å². The maximum Gasteiger partial charge on any atom is 0.422 e. The van der Waals surface area contributed by atoms with Gasteiger partial charge in [-0.1, -0.05) is 56.6 Å². The van der Waals surface area contributed by atoms with E-state index in [0.717, 1.165) is 18.2 Å². The zero-order valence-electron chi connectivity index (χ0n) is 30.8. The Morgan fingerprint density at radius 2 is 1.46 bits per heavy atom. The Hall–Kier alpha value is -5.97. The number of amides is 3. The predicted octanol–water partition coefficient (Wildman–Crippen LogP) is 6.02. The molecule has 1 saturated carbocycles. The molecule has 0 radical (unpaired) electrons. The number of hydrogen-bond acceptors (Lipinski definition) is 11. The van der Waals surface area contributed by atoms with E-state index in [1.165, 1.54) is 24.3 Å². The van der Waals surface area contributed by atoms with Crippen molar-refractivity contribution >= 4 is 58.6 Å². The largest absolute Gasteiger partial charge is 0.467 e. The smallest absolute Gasteiger partial charge is 0.422 e. The molecule has 1 aliphatic carbocycles. The first-order valence-electron chi connectivity index (χ1n) is 17.4. The van der Waals surface area contributed by atoms with Crippen LogP contribution in [0.2, 0.25) is 5.02 Å². The van der Waals surface area contributed by atoms with Gasteiger partial charge in [0, 0.05) is 28.5 Å². The van der Waals surface area contributed by atoms with Crippen molar-refractivity contribution in [2.24, 2.45) is 0 Å². The average molecular weight is 797 g/mol. The molecule has 1 heterocycles. The average Bonchev–Trinajstić information content (AvgIpc) is 3.93. The van der Waals surface area contributed by atoms with E-state index in [2.05, 4.69) is 62.3 Å². The lowest BCUT2D eigenvalue weighted by Gasteiger charge is -2.19. The van der Waals surface area contributed by atoms with Crippen molar-refractivity contribution in [1.82, 2.24) is 25.6 Å². The van der Waals surface area contributed by atoms with Crippen molar-refractivity contribution in [3.8, 4) is 6.01 Å². The minimum Gasteiger partial charge on any atom is -0.467 e. The number of nitrogens with one attached hydrogen (secondary N) is 5. The lowest BCUT2D eigenvalue weighted by Crippen LogP contribution is -2.44. The van der Waals surface area contributed by atoms with Gasteiger partial charge in [-0.05, 0) is 84.3 Å². The molecule has 1 aromatic heterocycles. The van der Waals surface area contributed by atoms with Gasteiger partial charge in [-0.3, -0.25) is 14.4 Å². The quantitative estimate of drug-likeness (QED) is 0.0742. The molecule has 296 valence electrons. The van der Waals surface area contributed by atoms with Gasteiger partial charge in [0.2, 0.25) is 11.9 Å². The molecule has 1 fully saturated rings. The lowest BCUT2D eigenvalue weighted by atomic mass is 9.87. The van der Waals surface area contributed by atoms with E-state index in [1.807, 2.05) is 24.3 Å². The minimum absolute atomic E-state index is 0.0281. The zero-order valence-corrected chi connectivity index (χ0v) is 31.6. The number of esters is 1. The third-order valence-corrected chi connectivity index (χ3v) is 8.86. The molecule has 0 bridgehead atoms. The summed E-state index contributed by atoms with van der Waals surface area (Å²) in [5, 5.41) is 14.1. The van der Waals surface area contributed by atoms with Crippen LogP contribution in [-0.2, 0) is 30.1 Å². The number of hydrogen-bond donors (Lipinski definition) is 5. The van der Waals surface area contributed by atoms with Crippen LogP contribution in [0.15, 0.2) is 72.8 Å². The maximum atomic E-state index is 13.1. The number of anilines is 4. The molecule has 1 aliphatic rings. The van der Waals surface area contributed by atoms with Crippen molar-refractivity contribution < 1.29 is 41.8 Å². The lowest BCUT2D eigenvalue weighted by molar-refractivity contribution is -0.154. The highest BCUT2D eigenvalue weighted by molar-refractivity contribution is 6.39. The first-order chi connectivity index (χ1) is 26.4. The van der Waals surface area contributed by atoms with Gasteiger partial charge in [-0.25, -0.2) is 4.79 Å². The summed E-state index contributed by atoms with van der Waals surface area (Å²) in [7, 11) is 1.14. The SMILES string of the molecule is COC(=O)[C@H](CCNC(=O)C(=O)Nc1ccc(C(C)(C)C)cc1)NC(=O)c1ccc(Nc2nc(NC3(c4ccc(Cl)cc4)CC3)nc(OCC(F)(F)F)n2)cc1. The third kappa shape index (κ3) is 11.5. The summed E-state index contributed by atoms with van der Waals surface area (Å²) in [5.74, 6) is -3.43. The second-order valence-electron chi connectivity index (χ2n) is 14.0. The van der Waals surface area contributed by atoms with Gasteiger partial charge in [0.1, 0.15) is 6.04 Å². The highest BCUT2D eigenvalue weighted by Crippen LogP contribution is 2.48. The number of methoxy groups -OCH3 is 1. The number of ether oxygens (including phenoxy) is 2. The van der Waals surface area contributed by atoms with E-state index in [0.29, 0.717) is 29.2 Å². The normalized spacial score (nSPS) is 13.8. The fourth-order valence-corrected chi connectivity index (χ4v) is 5.52. The number of nitrogens with zero attached hydrogens (tertiary/aromatic N) is 3. The van der Waals surface area contributed by atoms with Crippen LogP contribution in [0.5, 0.6) is 6.01 Å². The predicted molar refractivity (Wildman–Crippen MR) is 202 cm³/mol. The van der Waals surface area contributed by atoms with E-state index in [4.69, 9.17) is 21.1 Å². The van der Waals surface area contributed by atoms with Crippen LogP contribution in [0.4, 0.5) is 36.4 Å². The number of halogens is 4. The van der Waals surface area contributed by atoms with Crippen LogP contribution in [0.1, 0.15) is 61.5 Å². The Labute approximate surface area is 325 Å². The van der Waals surface area contributed by atoms with E-state index in [1.54, 1.807) is 24.3 Å². The van der Waals surface area contributed by atoms with Crippen LogP contribution >= 0.6 is 11.6 Å². The Kier molecular flexibility index (Phi) is 12.7. The number of carbonyl (C=O) groups excluding carboxylic acids is 4. The summed E-state index contributed by atoms with van der Waals surface area (Å²) in [6.45, 7) is 4.39. The van der Waals surface area contributed by atoms with Crippen molar-refractivity contribution in [2.75, 3.05) is 36.2 Å². The number of rotatable bonds is 14. The van der Waals surface area contributed by atoms with Crippen LogP contribution in [-0.4, -0.2) is 71.1 Å². The molecule has 56 heavy (non-hydrogen) atoms. The summed E-state index contributed by atoms with van der Waals surface area (Å²) >= 11 is 6.03. The summed E-state index contributed by atoms with van der Waals surface area (Å²) in [6, 6.07) is 18.3. The summed E-state index contributed by atoms with van der Waals surface area (Å²) < 4.78 is 48.6. The number of alkyl halides is 3. The van der Waals surface area contributed by atoms with Crippen molar-refractivity contribution in [2.45, 2.75) is 63.2 Å². The Bertz CT molecular complexity index is 2040. The molecule has 0 saturated heterocycles. The van der Waals surface area contributed by atoms with Crippen molar-refractivity contribution in [1.29, 1.82) is 0 Å². The number of benzene rings is 3. The molecule has 0 aliphatic heterocycles. The summed E-state index contributed by atoms with van der Waals surface area (Å²) in [6.07, 6.45) is -3.31. The standard InChI is InChI=1S/C38H40ClF3N8O6/c1-36(2,3)23-9-15-26(16-10-23)44-31(53)30(52)43-20-17-28(32(54)55-4)46-29(51)22-5-13-27(14-6-22)45-33-47-34(49-35(48-33)56-21-38(40,41)42)50-37(18-19-37)24-7-11-25(39)12-8-24/h5-16,28H,17-21H2,1-4H3,(H,43,52)(H,44,53)(H,46,51)(H2,45,47,48,49,50)/t28-/m0/s1. The minimum atomic E-state index is -4.64. The van der Waals surface area contributed by atoms with E-state index >= 15 is 0 Å². The fourth-order valence-electron chi connectivity index (χ4n) is 5.39. The van der Waals surface area contributed by atoms with Crippen molar-refractivity contribution in [3.05, 3.63) is 94.5 Å². The molecule has 5 rings (SSSR count). The third-order valence-electron chi connectivity index (χ3n) is 8.61. The summed E-state index contributed by atoms with van der Waals surface area (Å²) in [4.78, 5) is 62.8. The van der Waals surface area contributed by atoms with Gasteiger partial charge in [0.25, 0.3) is 5.91 Å². The molecular formula is C38H40ClF3N8O6. The van der Waals surface area contributed by atoms with Gasteiger partial charge in [-0.2, -0.15) is 28.1 Å². The molecule has 0 spiro atoms. The Balaban J connectivity index is 1.19. The highest BCUT2D eigenvalue weighted by Gasteiger charge is 2.45. The van der Waals surface area contributed by atoms with Crippen LogP contribution < -0.4 is 31.3 Å². The Morgan fingerprint density at radius 1 is 0.839 bits per heavy atom. The Morgan fingerprint density at radius 3 is 2.05 bits per heavy atom. The molecule has 3 amide bonds. The van der Waals surface area contributed by atoms with Gasteiger partial charge in [-0.15, -0.1) is 0 Å². The fraction of sp³-hybridized carbons (Fsp3) is 0.342. The molecule has 14 nitrogen and oxygen atoms in total. The van der Waals surface area contributed by atoms with Crippen molar-refractivity contribution in [3.63, 3.8) is 0 Å². The van der Waals surface area contributed by atoms with Crippen LogP contribution in [0.3, 0.4) is 0 Å². The van der Waals surface area contributed by atoms with E-state index < -0.39 is 54.1 Å². The summed E-state index contributed by atoms with van der Waals surface area (Å²) in [5.41, 5.74) is 2.23. The second-order valence-corrected chi connectivity index (χ2v) is 14.4. The van der Waals surface area contributed by atoms with Gasteiger partial charge >= 0.3 is 30.0 Å². The molecule has 5 N–H and O–H groups in total. The van der Waals surface area contributed by atoms with Gasteiger partial charge in [0.15, 0.2) is 6.61 Å². The van der Waals surface area contributed by atoms with Gasteiger partial charge < -0.3 is 36.1 Å². The molecule has 3 aromatic carbocycles. The number of aromatic nitrogens is 3. The molecule has 18 heteroatoms. The molecule has 4 aromatic rings. The van der Waals surface area contributed by atoms with Crippen LogP contribution in [0.25, 0.3) is 0 Å². The monoisotopic (exact) mass is 796 g/mol. The first-order valence-corrected chi connectivity index (χ1v) is 17.8. The molecule has 0 unspecified atom stereocenters. The number of carbonyl (C=O) groups is 4. The van der Waals surface area contributed by atoms with Gasteiger partial charge in [0.05, 0.1) is 12.6 Å². The molecular weight excluding hydrogens is 757 g/mol. The first kappa shape index (κ1) is 41.2. The zero-order chi connectivity index (χ0) is 40.7. The molecule has 1 atom stereocenters. The second kappa shape index (κ2) is 17.2. The maximum absolute atomic E-state index is 13.1. The van der Waals surface area contributed by atoms with Crippen LogP contribution in [0, 0.1) is 0 Å². The van der Waals surface area contributed by atoms with E-state index in [-0.39, 0.29) is 35.8 Å². The topological polar surface area (TPSA) is 186 Å². The highest BCUT2D eigenvalue weighted by atomic mass is 35.5.